The van der Waals surface area contributed by atoms with E-state index in [1.807, 2.05) is 0 Å². The average Bonchev–Trinajstić information content (AvgIpc) is 2.39. The van der Waals surface area contributed by atoms with Crippen molar-refractivity contribution in [3.63, 3.8) is 0 Å². The maximum absolute atomic E-state index is 11.7. The number of carboxylic acid groups (broad SMARTS) is 1. The molecule has 1 aromatic rings. The Morgan fingerprint density at radius 2 is 2.05 bits per heavy atom. The number of aliphatic carboxylic acids is 1. The fraction of sp³-hybridized carbons (Fsp3) is 0.462. The van der Waals surface area contributed by atoms with Gasteiger partial charge in [0.15, 0.2) is 0 Å². The fourth-order valence-electron chi connectivity index (χ4n) is 1.66. The van der Waals surface area contributed by atoms with Gasteiger partial charge in [0.1, 0.15) is 0 Å². The molecule has 0 aliphatic carbocycles. The van der Waals surface area contributed by atoms with Crippen molar-refractivity contribution in [3.8, 4) is 0 Å². The van der Waals surface area contributed by atoms with Gasteiger partial charge in [-0.15, -0.1) is 0 Å². The molecule has 0 atom stereocenters. The number of amides is 1. The highest BCUT2D eigenvalue weighted by Gasteiger charge is 2.10. The number of nitrogens with zero attached hydrogens (tertiary/aromatic N) is 2. The van der Waals surface area contributed by atoms with E-state index in [9.17, 15) is 14.4 Å². The van der Waals surface area contributed by atoms with Crippen molar-refractivity contribution in [2.24, 2.45) is 0 Å². The van der Waals surface area contributed by atoms with E-state index in [2.05, 4.69) is 15.9 Å². The van der Waals surface area contributed by atoms with Crippen LogP contribution in [0, 0.1) is 0 Å². The van der Waals surface area contributed by atoms with Crippen molar-refractivity contribution in [2.75, 3.05) is 13.6 Å². The molecule has 1 aromatic heterocycles. The van der Waals surface area contributed by atoms with Crippen molar-refractivity contribution in [1.29, 1.82) is 0 Å². The molecule has 0 saturated heterocycles. The van der Waals surface area contributed by atoms with E-state index in [0.29, 0.717) is 13.0 Å². The van der Waals surface area contributed by atoms with Gasteiger partial charge in [0.2, 0.25) is 5.91 Å². The minimum atomic E-state index is -0.926. The third-order valence-corrected chi connectivity index (χ3v) is 3.29. The first-order chi connectivity index (χ1) is 9.40. The first kappa shape index (κ1) is 16.4. The molecule has 1 N–H and O–H groups in total. The second kappa shape index (κ2) is 7.84. The van der Waals surface area contributed by atoms with Crippen LogP contribution in [0.3, 0.4) is 0 Å². The predicted octanol–water partition coefficient (Wildman–Crippen LogP) is 1.32. The van der Waals surface area contributed by atoms with E-state index in [0.717, 1.165) is 4.47 Å². The van der Waals surface area contributed by atoms with Crippen LogP contribution in [0.25, 0.3) is 0 Å². The number of hydrogen-bond acceptors (Lipinski definition) is 3. The monoisotopic (exact) mass is 344 g/mol. The number of pyridine rings is 1. The molecule has 0 radical (unpaired) electrons. The Kier molecular flexibility index (Phi) is 6.44. The minimum absolute atomic E-state index is 0.0622. The number of carboxylic acids is 1. The number of carbonyl (C=O) groups is 2. The second-order valence-corrected chi connectivity index (χ2v) is 5.36. The van der Waals surface area contributed by atoms with Crippen molar-refractivity contribution >= 4 is 27.8 Å². The van der Waals surface area contributed by atoms with E-state index in [-0.39, 0.29) is 30.9 Å². The smallest absolute Gasteiger partial charge is 0.305 e. The first-order valence-electron chi connectivity index (χ1n) is 6.22. The quantitative estimate of drug-likeness (QED) is 0.808. The molecule has 1 rings (SSSR count). The topological polar surface area (TPSA) is 79.6 Å². The Morgan fingerprint density at radius 3 is 2.70 bits per heavy atom. The molecule has 6 nitrogen and oxygen atoms in total. The summed E-state index contributed by atoms with van der Waals surface area (Å²) in [5.74, 6) is -1.04. The number of hydrogen-bond donors (Lipinski definition) is 1. The van der Waals surface area contributed by atoms with Crippen molar-refractivity contribution in [3.05, 3.63) is 33.2 Å². The van der Waals surface area contributed by atoms with E-state index in [1.54, 1.807) is 19.3 Å². The van der Waals surface area contributed by atoms with E-state index < -0.39 is 5.97 Å². The lowest BCUT2D eigenvalue weighted by atomic mass is 10.2. The Morgan fingerprint density at radius 1 is 1.35 bits per heavy atom. The molecule has 0 aromatic carbocycles. The van der Waals surface area contributed by atoms with Crippen LogP contribution < -0.4 is 5.56 Å². The number of carbonyl (C=O) groups excluding carboxylic acids is 1. The van der Waals surface area contributed by atoms with Crippen LogP contribution in [0.2, 0.25) is 0 Å². The van der Waals surface area contributed by atoms with E-state index in [4.69, 9.17) is 5.11 Å². The highest BCUT2D eigenvalue weighted by atomic mass is 79.9. The van der Waals surface area contributed by atoms with Crippen molar-refractivity contribution in [1.82, 2.24) is 9.47 Å². The SMILES string of the molecule is CN(CCC(=O)O)C(=O)CCCn1cc(Br)ccc1=O. The summed E-state index contributed by atoms with van der Waals surface area (Å²) in [5.41, 5.74) is -0.111. The maximum Gasteiger partial charge on any atom is 0.305 e. The molecular weight excluding hydrogens is 328 g/mol. The van der Waals surface area contributed by atoms with Gasteiger partial charge < -0.3 is 14.6 Å². The summed E-state index contributed by atoms with van der Waals surface area (Å²) in [7, 11) is 1.58. The molecule has 0 unspecified atom stereocenters. The molecule has 7 heteroatoms. The molecule has 0 fully saturated rings. The summed E-state index contributed by atoms with van der Waals surface area (Å²) in [4.78, 5) is 35.1. The summed E-state index contributed by atoms with van der Waals surface area (Å²) < 4.78 is 2.34. The number of rotatable bonds is 7. The minimum Gasteiger partial charge on any atom is -0.481 e. The average molecular weight is 345 g/mol. The number of aryl methyl sites for hydroxylation is 1. The Bertz CT molecular complexity index is 541. The van der Waals surface area contributed by atoms with Crippen LogP contribution in [0.15, 0.2) is 27.6 Å². The second-order valence-electron chi connectivity index (χ2n) is 4.44. The highest BCUT2D eigenvalue weighted by Crippen LogP contribution is 2.06. The van der Waals surface area contributed by atoms with E-state index >= 15 is 0 Å². The third-order valence-electron chi connectivity index (χ3n) is 2.82. The Hall–Kier alpha value is -1.63. The van der Waals surface area contributed by atoms with Gasteiger partial charge in [-0.05, 0) is 28.4 Å². The normalized spacial score (nSPS) is 10.3. The first-order valence-corrected chi connectivity index (χ1v) is 7.01. The molecule has 110 valence electrons. The molecule has 0 saturated carbocycles. The summed E-state index contributed by atoms with van der Waals surface area (Å²) in [6, 6.07) is 3.13. The van der Waals surface area contributed by atoms with Gasteiger partial charge >= 0.3 is 5.97 Å². The van der Waals surface area contributed by atoms with Gasteiger partial charge in [-0.2, -0.15) is 0 Å². The van der Waals surface area contributed by atoms with Gasteiger partial charge in [0.25, 0.3) is 5.56 Å². The van der Waals surface area contributed by atoms with Crippen LogP contribution in [0.1, 0.15) is 19.3 Å². The van der Waals surface area contributed by atoms with Crippen LogP contribution in [-0.4, -0.2) is 40.0 Å². The summed E-state index contributed by atoms with van der Waals surface area (Å²) in [6.45, 7) is 0.655. The van der Waals surface area contributed by atoms with Crippen molar-refractivity contribution < 1.29 is 14.7 Å². The zero-order valence-corrected chi connectivity index (χ0v) is 12.8. The zero-order valence-electron chi connectivity index (χ0n) is 11.2. The third kappa shape index (κ3) is 5.56. The van der Waals surface area contributed by atoms with Gasteiger partial charge in [-0.1, -0.05) is 0 Å². The zero-order chi connectivity index (χ0) is 15.1. The molecule has 20 heavy (non-hydrogen) atoms. The molecule has 0 aliphatic heterocycles. The molecule has 0 spiro atoms. The standard InChI is InChI=1S/C13H17BrN2O4/c1-15(8-6-13(19)20)11(17)3-2-7-16-9-10(14)4-5-12(16)18/h4-5,9H,2-3,6-8H2,1H3,(H,19,20). The fourth-order valence-corrected chi connectivity index (χ4v) is 2.04. The summed E-state index contributed by atoms with van der Waals surface area (Å²) >= 11 is 3.28. The summed E-state index contributed by atoms with van der Waals surface area (Å²) in [5, 5.41) is 8.54. The van der Waals surface area contributed by atoms with Crippen LogP contribution in [0.5, 0.6) is 0 Å². The highest BCUT2D eigenvalue weighted by molar-refractivity contribution is 9.10. The van der Waals surface area contributed by atoms with E-state index in [1.165, 1.54) is 15.5 Å². The maximum atomic E-state index is 11.7. The largest absolute Gasteiger partial charge is 0.481 e. The van der Waals surface area contributed by atoms with Gasteiger partial charge in [0.05, 0.1) is 6.42 Å². The van der Waals surface area contributed by atoms with Crippen molar-refractivity contribution in [2.45, 2.75) is 25.8 Å². The molecule has 0 bridgehead atoms. The molecular formula is C13H17BrN2O4. The molecule has 0 aliphatic rings. The summed E-state index contributed by atoms with van der Waals surface area (Å²) in [6.07, 6.45) is 2.44. The van der Waals surface area contributed by atoms with Crippen LogP contribution >= 0.6 is 15.9 Å². The van der Waals surface area contributed by atoms with Crippen LogP contribution in [-0.2, 0) is 16.1 Å². The van der Waals surface area contributed by atoms with Gasteiger partial charge in [-0.25, -0.2) is 0 Å². The Balaban J connectivity index is 2.40. The molecule has 1 amide bonds. The lowest BCUT2D eigenvalue weighted by Crippen LogP contribution is -2.29. The lowest BCUT2D eigenvalue weighted by molar-refractivity contribution is -0.138. The van der Waals surface area contributed by atoms with Crippen LogP contribution in [0.4, 0.5) is 0 Å². The van der Waals surface area contributed by atoms with Gasteiger partial charge in [-0.3, -0.25) is 14.4 Å². The predicted molar refractivity (Wildman–Crippen MR) is 77.5 cm³/mol. The molecule has 1 heterocycles. The van der Waals surface area contributed by atoms with Gasteiger partial charge in [0, 0.05) is 43.3 Å². The number of aromatic nitrogens is 1. The Labute approximate surface area is 125 Å². The lowest BCUT2D eigenvalue weighted by Gasteiger charge is -2.16. The number of halogens is 1.